The molecule has 5 heteroatoms. The van der Waals surface area contributed by atoms with Gasteiger partial charge < -0.3 is 15.7 Å². The summed E-state index contributed by atoms with van der Waals surface area (Å²) >= 11 is 0. The number of nitrogens with one attached hydrogen (secondary N) is 2. The second kappa shape index (κ2) is 6.61. The number of carbonyl (C=O) groups is 2. The predicted molar refractivity (Wildman–Crippen MR) is 81.4 cm³/mol. The van der Waals surface area contributed by atoms with Crippen LogP contribution >= 0.6 is 0 Å². The van der Waals surface area contributed by atoms with E-state index in [-0.39, 0.29) is 17.9 Å². The molecule has 1 aromatic carbocycles. The van der Waals surface area contributed by atoms with Gasteiger partial charge in [-0.3, -0.25) is 4.79 Å². The molecule has 0 radical (unpaired) electrons. The van der Waals surface area contributed by atoms with Gasteiger partial charge in [0.1, 0.15) is 0 Å². The molecule has 1 fully saturated rings. The van der Waals surface area contributed by atoms with Gasteiger partial charge in [0.25, 0.3) is 0 Å². The number of hydrogen-bond donors (Lipinski definition) is 3. The molecule has 0 spiro atoms. The fourth-order valence-corrected chi connectivity index (χ4v) is 2.81. The Bertz CT molecular complexity index is 522. The molecule has 0 unspecified atom stereocenters. The highest BCUT2D eigenvalue weighted by atomic mass is 16.4. The highest BCUT2D eigenvalue weighted by Gasteiger charge is 2.28. The molecule has 0 aliphatic heterocycles. The first-order valence-electron chi connectivity index (χ1n) is 7.32. The standard InChI is InChI=1S/C16H22N2O3/c1-16(7-2-3-8-16)11-17-15(21)18-13-6-4-5-12(9-13)10-14(19)20/h4-6,9H,2-3,7-8,10-11H2,1H3,(H,19,20)(H2,17,18,21). The molecule has 3 N–H and O–H groups in total. The Balaban J connectivity index is 1.86. The van der Waals surface area contributed by atoms with Gasteiger partial charge in [-0.05, 0) is 36.0 Å². The highest BCUT2D eigenvalue weighted by molar-refractivity contribution is 5.89. The second-order valence-corrected chi connectivity index (χ2v) is 6.10. The zero-order valence-electron chi connectivity index (χ0n) is 12.3. The minimum Gasteiger partial charge on any atom is -0.481 e. The number of carboxylic acids is 1. The average Bonchev–Trinajstić information content (AvgIpc) is 2.84. The van der Waals surface area contributed by atoms with Gasteiger partial charge in [-0.15, -0.1) is 0 Å². The third-order valence-electron chi connectivity index (χ3n) is 4.03. The topological polar surface area (TPSA) is 78.4 Å². The Labute approximate surface area is 124 Å². The van der Waals surface area contributed by atoms with Crippen molar-refractivity contribution in [2.24, 2.45) is 5.41 Å². The van der Waals surface area contributed by atoms with Crippen molar-refractivity contribution in [2.45, 2.75) is 39.0 Å². The third kappa shape index (κ3) is 4.77. The maximum absolute atomic E-state index is 11.9. The minimum absolute atomic E-state index is 0.0464. The lowest BCUT2D eigenvalue weighted by Gasteiger charge is -2.23. The first-order chi connectivity index (χ1) is 9.97. The average molecular weight is 290 g/mol. The van der Waals surface area contributed by atoms with Gasteiger partial charge in [0, 0.05) is 12.2 Å². The van der Waals surface area contributed by atoms with Crippen LogP contribution in [0.15, 0.2) is 24.3 Å². The molecule has 114 valence electrons. The zero-order valence-corrected chi connectivity index (χ0v) is 12.3. The Kier molecular flexibility index (Phi) is 4.83. The van der Waals surface area contributed by atoms with Crippen molar-refractivity contribution in [1.29, 1.82) is 0 Å². The molecule has 1 aliphatic rings. The van der Waals surface area contributed by atoms with E-state index >= 15 is 0 Å². The van der Waals surface area contributed by atoms with Gasteiger partial charge in [0.15, 0.2) is 0 Å². The maximum atomic E-state index is 11.9. The number of anilines is 1. The van der Waals surface area contributed by atoms with E-state index in [1.807, 2.05) is 0 Å². The van der Waals surface area contributed by atoms with Gasteiger partial charge in [0.2, 0.25) is 0 Å². The summed E-state index contributed by atoms with van der Waals surface area (Å²) in [5, 5.41) is 14.4. The maximum Gasteiger partial charge on any atom is 0.319 e. The molecule has 0 saturated heterocycles. The summed E-state index contributed by atoms with van der Waals surface area (Å²) in [6.45, 7) is 2.88. The number of benzene rings is 1. The van der Waals surface area contributed by atoms with E-state index in [4.69, 9.17) is 5.11 Å². The van der Waals surface area contributed by atoms with Crippen molar-refractivity contribution in [3.63, 3.8) is 0 Å². The van der Waals surface area contributed by atoms with E-state index in [9.17, 15) is 9.59 Å². The number of rotatable bonds is 5. The van der Waals surface area contributed by atoms with Crippen LogP contribution in [0.1, 0.15) is 38.2 Å². The Hall–Kier alpha value is -2.04. The summed E-state index contributed by atoms with van der Waals surface area (Å²) in [7, 11) is 0. The zero-order chi connectivity index (χ0) is 15.3. The van der Waals surface area contributed by atoms with Crippen LogP contribution in [-0.2, 0) is 11.2 Å². The van der Waals surface area contributed by atoms with Crippen molar-refractivity contribution in [1.82, 2.24) is 5.32 Å². The molecule has 2 rings (SSSR count). The van der Waals surface area contributed by atoms with E-state index < -0.39 is 5.97 Å². The number of aliphatic carboxylic acids is 1. The number of hydrogen-bond acceptors (Lipinski definition) is 2. The predicted octanol–water partition coefficient (Wildman–Crippen LogP) is 3.02. The normalized spacial score (nSPS) is 16.4. The molecule has 1 aliphatic carbocycles. The molecule has 5 nitrogen and oxygen atoms in total. The lowest BCUT2D eigenvalue weighted by molar-refractivity contribution is -0.136. The Morgan fingerprint density at radius 3 is 2.67 bits per heavy atom. The highest BCUT2D eigenvalue weighted by Crippen LogP contribution is 2.36. The van der Waals surface area contributed by atoms with E-state index in [2.05, 4.69) is 17.6 Å². The molecular weight excluding hydrogens is 268 g/mol. The quantitative estimate of drug-likeness (QED) is 0.780. The number of carbonyl (C=O) groups excluding carboxylic acids is 1. The number of urea groups is 1. The molecule has 0 atom stereocenters. The van der Waals surface area contributed by atoms with Crippen molar-refractivity contribution >= 4 is 17.7 Å². The summed E-state index contributed by atoms with van der Waals surface area (Å²) in [5.74, 6) is -0.884. The molecule has 0 bridgehead atoms. The molecule has 1 saturated carbocycles. The number of amides is 2. The smallest absolute Gasteiger partial charge is 0.319 e. The minimum atomic E-state index is -0.884. The van der Waals surface area contributed by atoms with Gasteiger partial charge >= 0.3 is 12.0 Å². The molecule has 21 heavy (non-hydrogen) atoms. The van der Waals surface area contributed by atoms with E-state index in [0.717, 1.165) is 12.8 Å². The van der Waals surface area contributed by atoms with Gasteiger partial charge in [-0.2, -0.15) is 0 Å². The molecule has 0 aromatic heterocycles. The van der Waals surface area contributed by atoms with Crippen molar-refractivity contribution in [2.75, 3.05) is 11.9 Å². The lowest BCUT2D eigenvalue weighted by Crippen LogP contribution is -2.36. The van der Waals surface area contributed by atoms with Gasteiger partial charge in [0.05, 0.1) is 6.42 Å². The van der Waals surface area contributed by atoms with Gasteiger partial charge in [-0.1, -0.05) is 31.9 Å². The van der Waals surface area contributed by atoms with Crippen LogP contribution in [0.4, 0.5) is 10.5 Å². The summed E-state index contributed by atoms with van der Waals surface area (Å²) < 4.78 is 0. The van der Waals surface area contributed by atoms with Crippen molar-refractivity contribution in [3.8, 4) is 0 Å². The fraction of sp³-hybridized carbons (Fsp3) is 0.500. The lowest BCUT2D eigenvalue weighted by atomic mass is 9.89. The first kappa shape index (κ1) is 15.4. The van der Waals surface area contributed by atoms with Crippen LogP contribution in [0.3, 0.4) is 0 Å². The number of carboxylic acid groups (broad SMARTS) is 1. The summed E-state index contributed by atoms with van der Waals surface area (Å²) in [4.78, 5) is 22.6. The molecule has 2 amide bonds. The molecule has 0 heterocycles. The summed E-state index contributed by atoms with van der Waals surface area (Å²) in [6, 6.07) is 6.67. The van der Waals surface area contributed by atoms with Crippen LogP contribution in [-0.4, -0.2) is 23.7 Å². The van der Waals surface area contributed by atoms with Crippen LogP contribution in [0, 0.1) is 5.41 Å². The van der Waals surface area contributed by atoms with Crippen molar-refractivity contribution in [3.05, 3.63) is 29.8 Å². The van der Waals surface area contributed by atoms with Gasteiger partial charge in [-0.25, -0.2) is 4.79 Å². The van der Waals surface area contributed by atoms with Crippen LogP contribution in [0.2, 0.25) is 0 Å². The van der Waals surface area contributed by atoms with E-state index in [1.165, 1.54) is 12.8 Å². The summed E-state index contributed by atoms with van der Waals surface area (Å²) in [5.41, 5.74) is 1.49. The first-order valence-corrected chi connectivity index (χ1v) is 7.32. The van der Waals surface area contributed by atoms with Crippen LogP contribution < -0.4 is 10.6 Å². The molecule has 1 aromatic rings. The SMILES string of the molecule is CC1(CNC(=O)Nc2cccc(CC(=O)O)c2)CCCC1. The second-order valence-electron chi connectivity index (χ2n) is 6.10. The fourth-order valence-electron chi connectivity index (χ4n) is 2.81. The Morgan fingerprint density at radius 1 is 1.29 bits per heavy atom. The van der Waals surface area contributed by atoms with Crippen molar-refractivity contribution < 1.29 is 14.7 Å². The molecular formula is C16H22N2O3. The van der Waals surface area contributed by atoms with E-state index in [0.29, 0.717) is 17.8 Å². The monoisotopic (exact) mass is 290 g/mol. The summed E-state index contributed by atoms with van der Waals surface area (Å²) in [6.07, 6.45) is 4.73. The third-order valence-corrected chi connectivity index (χ3v) is 4.03. The van der Waals surface area contributed by atoms with E-state index in [1.54, 1.807) is 24.3 Å². The largest absolute Gasteiger partial charge is 0.481 e. The van der Waals surface area contributed by atoms with Crippen LogP contribution in [0.25, 0.3) is 0 Å². The van der Waals surface area contributed by atoms with Crippen LogP contribution in [0.5, 0.6) is 0 Å². The Morgan fingerprint density at radius 2 is 2.00 bits per heavy atom.